The number of H-pyrrole nitrogens is 2. The Kier molecular flexibility index (Phi) is 14.1. The molecule has 2 aromatic heterocycles. The summed E-state index contributed by atoms with van der Waals surface area (Å²) in [6.45, 7) is 5.13. The van der Waals surface area contributed by atoms with Gasteiger partial charge in [0.15, 0.2) is 11.6 Å². The average Bonchev–Trinajstić information content (AvgIpc) is 3.91. The predicted octanol–water partition coefficient (Wildman–Crippen LogP) is 7.76. The molecule has 0 aliphatic heterocycles. The third kappa shape index (κ3) is 11.2. The summed E-state index contributed by atoms with van der Waals surface area (Å²) in [6, 6.07) is 43.2. The fraction of sp³-hybridized carbons (Fsp3) is 0.160. The molecule has 0 aliphatic rings. The Morgan fingerprint density at radius 3 is 1.22 bits per heavy atom. The van der Waals surface area contributed by atoms with Crippen LogP contribution in [-0.2, 0) is 32.9 Å². The lowest BCUT2D eigenvalue weighted by Crippen LogP contribution is -2.30. The first-order chi connectivity index (χ1) is 30.7. The van der Waals surface area contributed by atoms with E-state index in [0.29, 0.717) is 37.1 Å². The lowest BCUT2D eigenvalue weighted by Gasteiger charge is -2.18. The van der Waals surface area contributed by atoms with Crippen molar-refractivity contribution in [2.45, 2.75) is 48.6 Å². The van der Waals surface area contributed by atoms with E-state index in [4.69, 9.17) is 10.3 Å². The van der Waals surface area contributed by atoms with Gasteiger partial charge in [0.1, 0.15) is 0 Å². The number of aryl methyl sites for hydroxylation is 2. The van der Waals surface area contributed by atoms with Crippen molar-refractivity contribution in [3.05, 3.63) is 202 Å². The molecule has 8 rings (SSSR count). The lowest BCUT2D eigenvalue weighted by molar-refractivity contribution is 0.0937. The molecular weight excluding hydrogens is 845 g/mol. The molecule has 2 heterocycles. The largest absolute Gasteiger partial charge is 0.360 e. The van der Waals surface area contributed by atoms with Gasteiger partial charge in [-0.3, -0.25) is 9.59 Å². The van der Waals surface area contributed by atoms with Crippen LogP contribution in [0, 0.1) is 13.8 Å². The number of aromatic amines is 2. The van der Waals surface area contributed by atoms with Crippen molar-refractivity contribution in [3.63, 3.8) is 0 Å². The van der Waals surface area contributed by atoms with Crippen LogP contribution in [0.3, 0.4) is 0 Å². The number of aromatic nitrogens is 2. The Hall–Kier alpha value is -6.52. The number of Topliss-reactive ketones (excluding diaryl/α,β-unsaturated/α-hetero) is 2. The number of rotatable bonds is 16. The maximum absolute atomic E-state index is 13.5. The molecule has 64 heavy (non-hydrogen) atoms. The van der Waals surface area contributed by atoms with Crippen molar-refractivity contribution in [1.29, 1.82) is 0 Å². The highest BCUT2D eigenvalue weighted by molar-refractivity contribution is 7.89. The second-order valence-corrected chi connectivity index (χ2v) is 18.8. The van der Waals surface area contributed by atoms with Crippen molar-refractivity contribution in [1.82, 2.24) is 20.6 Å². The summed E-state index contributed by atoms with van der Waals surface area (Å²) in [5.74, 6) is -0.00764. The summed E-state index contributed by atoms with van der Waals surface area (Å²) in [5, 5.41) is 18.9. The normalized spacial score (nSPS) is 12.7. The molecule has 0 bridgehead atoms. The SMILES string of the molecule is Cc1ccc2c(C(=O)[C@@H](NCCc3ccc(S(N)(=O)=O)cc3)c3ccccc3)c[nH]c2c1.Cc1ccc2c(C(=O)[C@H](NCCc3ccc(S(N)(=O)=O)cc3)c3ccccc3)c[nH]c2c1. The Morgan fingerprint density at radius 1 is 0.516 bits per heavy atom. The number of hydrogen-bond acceptors (Lipinski definition) is 8. The monoisotopic (exact) mass is 894 g/mol. The molecule has 0 unspecified atom stereocenters. The van der Waals surface area contributed by atoms with Gasteiger partial charge in [-0.15, -0.1) is 0 Å². The molecule has 0 aliphatic carbocycles. The van der Waals surface area contributed by atoms with Crippen molar-refractivity contribution >= 4 is 53.4 Å². The van der Waals surface area contributed by atoms with Crippen molar-refractivity contribution in [2.75, 3.05) is 13.1 Å². The number of nitrogens with one attached hydrogen (secondary N) is 4. The quantitative estimate of drug-likeness (QED) is 0.0527. The van der Waals surface area contributed by atoms with E-state index in [2.05, 4.69) is 20.6 Å². The molecule has 8 aromatic rings. The number of nitrogens with two attached hydrogens (primary N) is 2. The number of primary sulfonamides is 2. The van der Waals surface area contributed by atoms with Gasteiger partial charge < -0.3 is 20.6 Å². The van der Waals surface area contributed by atoms with Crippen LogP contribution in [-0.4, -0.2) is 51.5 Å². The van der Waals surface area contributed by atoms with Crippen molar-refractivity contribution in [2.24, 2.45) is 10.3 Å². The topological polar surface area (TPSA) is 210 Å². The average molecular weight is 895 g/mol. The van der Waals surface area contributed by atoms with Crippen LogP contribution in [0.2, 0.25) is 0 Å². The van der Waals surface area contributed by atoms with Crippen molar-refractivity contribution < 1.29 is 26.4 Å². The number of fused-ring (bicyclic) bond motifs is 2. The molecule has 14 heteroatoms. The molecule has 0 saturated carbocycles. The van der Waals surface area contributed by atoms with E-state index >= 15 is 0 Å². The summed E-state index contributed by atoms with van der Waals surface area (Å²) in [4.78, 5) is 33.7. The minimum absolute atomic E-state index is 0.00382. The minimum Gasteiger partial charge on any atom is -0.360 e. The maximum atomic E-state index is 13.5. The Morgan fingerprint density at radius 2 is 0.875 bits per heavy atom. The molecule has 0 fully saturated rings. The molecule has 0 radical (unpaired) electrons. The van der Waals surface area contributed by atoms with Crippen LogP contribution in [0.4, 0.5) is 0 Å². The van der Waals surface area contributed by atoms with Crippen LogP contribution >= 0.6 is 0 Å². The number of hydrogen-bond donors (Lipinski definition) is 6. The van der Waals surface area contributed by atoms with E-state index in [1.807, 2.05) is 111 Å². The molecule has 328 valence electrons. The molecule has 0 amide bonds. The van der Waals surface area contributed by atoms with Gasteiger partial charge in [-0.1, -0.05) is 109 Å². The highest BCUT2D eigenvalue weighted by atomic mass is 32.2. The van der Waals surface area contributed by atoms with Gasteiger partial charge in [0.05, 0.1) is 21.9 Å². The molecule has 0 spiro atoms. The summed E-state index contributed by atoms with van der Waals surface area (Å²) >= 11 is 0. The maximum Gasteiger partial charge on any atom is 0.238 e. The van der Waals surface area contributed by atoms with E-state index in [1.54, 1.807) is 36.7 Å². The molecule has 2 atom stereocenters. The van der Waals surface area contributed by atoms with Gasteiger partial charge in [0, 0.05) is 58.4 Å². The number of carbonyl (C=O) groups excluding carboxylic acids is 2. The lowest BCUT2D eigenvalue weighted by atomic mass is 9.96. The summed E-state index contributed by atoms with van der Waals surface area (Å²) in [7, 11) is -7.42. The third-order valence-corrected chi connectivity index (χ3v) is 12.9. The van der Waals surface area contributed by atoms with Gasteiger partial charge in [-0.25, -0.2) is 27.1 Å². The standard InChI is InChI=1S/2C25H25N3O3S/c2*1-17-7-12-21-22(16-28-23(21)15-17)25(29)24(19-5-3-2-4-6-19)27-14-13-18-8-10-20(11-9-18)32(26,30)31/h2*2-12,15-16,24,27-28H,13-14H2,1H3,(H2,26,30,31)/t2*24-/m10/s1. The van der Waals surface area contributed by atoms with E-state index in [9.17, 15) is 26.4 Å². The number of ketones is 2. The van der Waals surface area contributed by atoms with E-state index < -0.39 is 32.1 Å². The van der Waals surface area contributed by atoms with Crippen LogP contribution < -0.4 is 20.9 Å². The highest BCUT2D eigenvalue weighted by Crippen LogP contribution is 2.27. The van der Waals surface area contributed by atoms with Gasteiger partial charge in [0.25, 0.3) is 0 Å². The van der Waals surface area contributed by atoms with E-state index in [0.717, 1.165) is 55.2 Å². The smallest absolute Gasteiger partial charge is 0.238 e. The molecule has 12 nitrogen and oxygen atoms in total. The van der Waals surface area contributed by atoms with Gasteiger partial charge in [-0.2, -0.15) is 0 Å². The molecule has 6 aromatic carbocycles. The second kappa shape index (κ2) is 19.9. The van der Waals surface area contributed by atoms with Gasteiger partial charge in [-0.05, 0) is 96.5 Å². The third-order valence-electron chi connectivity index (χ3n) is 11.0. The van der Waals surface area contributed by atoms with Crippen LogP contribution in [0.15, 0.2) is 168 Å². The Bertz CT molecular complexity index is 2900. The van der Waals surface area contributed by atoms with E-state index in [-0.39, 0.29) is 21.4 Å². The van der Waals surface area contributed by atoms with Crippen molar-refractivity contribution in [3.8, 4) is 0 Å². The zero-order chi connectivity index (χ0) is 45.4. The predicted molar refractivity (Wildman–Crippen MR) is 252 cm³/mol. The highest BCUT2D eigenvalue weighted by Gasteiger charge is 2.25. The number of carbonyl (C=O) groups is 2. The summed E-state index contributed by atoms with van der Waals surface area (Å²) in [6.07, 6.45) is 4.81. The second-order valence-electron chi connectivity index (χ2n) is 15.7. The fourth-order valence-electron chi connectivity index (χ4n) is 7.63. The van der Waals surface area contributed by atoms with Crippen LogP contribution in [0.25, 0.3) is 21.8 Å². The fourth-order valence-corrected chi connectivity index (χ4v) is 8.66. The zero-order valence-electron chi connectivity index (χ0n) is 35.4. The summed E-state index contributed by atoms with van der Waals surface area (Å²) < 4.78 is 45.7. The van der Waals surface area contributed by atoms with Crippen LogP contribution in [0.5, 0.6) is 0 Å². The minimum atomic E-state index is -3.71. The van der Waals surface area contributed by atoms with Gasteiger partial charge >= 0.3 is 0 Å². The Labute approximate surface area is 373 Å². The first-order valence-electron chi connectivity index (χ1n) is 20.7. The zero-order valence-corrected chi connectivity index (χ0v) is 37.0. The van der Waals surface area contributed by atoms with Gasteiger partial charge in [0.2, 0.25) is 20.0 Å². The van der Waals surface area contributed by atoms with Crippen LogP contribution in [0.1, 0.15) is 66.2 Å². The first kappa shape index (κ1) is 45.5. The molecule has 0 saturated heterocycles. The van der Waals surface area contributed by atoms with E-state index in [1.165, 1.54) is 24.3 Å². The molecular formula is C50H50N6O6S2. The first-order valence-corrected chi connectivity index (χ1v) is 23.8. The number of sulfonamides is 2. The number of benzene rings is 6. The molecule has 8 N–H and O–H groups in total. The summed E-state index contributed by atoms with van der Waals surface area (Å²) in [5.41, 5.74) is 9.13. The Balaban J connectivity index is 0.000000191.